The molecule has 1 atom stereocenters. The van der Waals surface area contributed by atoms with Gasteiger partial charge in [-0.15, -0.1) is 0 Å². The van der Waals surface area contributed by atoms with Gasteiger partial charge in [0, 0.05) is 70.2 Å². The van der Waals surface area contributed by atoms with Gasteiger partial charge in [0.2, 0.25) is 0 Å². The standard InChI is InChI=1S/C22H36N4O3/c1-3-23-22(24-9-5-14-28-17-19-8-15-29-18-19)26-12-10-25(11-13-26)20-6-4-7-21(16-20)27-2/h4,6-7,16,19H,3,5,8-15,17-18H2,1-2H3,(H,23,24). The van der Waals surface area contributed by atoms with Gasteiger partial charge >= 0.3 is 0 Å². The van der Waals surface area contributed by atoms with Crippen LogP contribution in [0.15, 0.2) is 29.3 Å². The van der Waals surface area contributed by atoms with E-state index >= 15 is 0 Å². The number of rotatable bonds is 9. The second-order valence-electron chi connectivity index (χ2n) is 7.57. The van der Waals surface area contributed by atoms with E-state index < -0.39 is 0 Å². The molecule has 1 unspecified atom stereocenters. The number of benzene rings is 1. The first-order chi connectivity index (χ1) is 14.3. The van der Waals surface area contributed by atoms with Crippen molar-refractivity contribution in [1.29, 1.82) is 0 Å². The molecule has 0 aliphatic carbocycles. The second-order valence-corrected chi connectivity index (χ2v) is 7.57. The summed E-state index contributed by atoms with van der Waals surface area (Å²) in [4.78, 5) is 9.58. The van der Waals surface area contributed by atoms with E-state index in [0.717, 1.165) is 90.2 Å². The maximum atomic E-state index is 5.79. The highest BCUT2D eigenvalue weighted by Crippen LogP contribution is 2.22. The number of nitrogens with zero attached hydrogens (tertiary/aromatic N) is 3. The summed E-state index contributed by atoms with van der Waals surface area (Å²) in [5.74, 6) is 2.50. The summed E-state index contributed by atoms with van der Waals surface area (Å²) in [5, 5.41) is 3.44. The molecule has 2 aliphatic rings. The van der Waals surface area contributed by atoms with E-state index in [-0.39, 0.29) is 0 Å². The van der Waals surface area contributed by atoms with Gasteiger partial charge in [0.05, 0.1) is 20.3 Å². The number of aliphatic imine (C=N–C) groups is 1. The Bertz CT molecular complexity index is 626. The molecule has 2 heterocycles. The largest absolute Gasteiger partial charge is 0.497 e. The predicted octanol–water partition coefficient (Wildman–Crippen LogP) is 2.23. The van der Waals surface area contributed by atoms with E-state index in [1.54, 1.807) is 7.11 Å². The van der Waals surface area contributed by atoms with Crippen LogP contribution in [0.1, 0.15) is 19.8 Å². The Morgan fingerprint density at radius 3 is 2.86 bits per heavy atom. The monoisotopic (exact) mass is 404 g/mol. The van der Waals surface area contributed by atoms with Crippen molar-refractivity contribution in [2.45, 2.75) is 19.8 Å². The van der Waals surface area contributed by atoms with Gasteiger partial charge in [-0.05, 0) is 31.9 Å². The lowest BCUT2D eigenvalue weighted by Gasteiger charge is -2.37. The highest BCUT2D eigenvalue weighted by Gasteiger charge is 2.20. The summed E-state index contributed by atoms with van der Waals surface area (Å²) < 4.78 is 16.5. The van der Waals surface area contributed by atoms with Crippen molar-refractivity contribution in [3.8, 4) is 5.75 Å². The first kappa shape index (κ1) is 21.7. The molecule has 2 saturated heterocycles. The maximum Gasteiger partial charge on any atom is 0.194 e. The number of nitrogens with one attached hydrogen (secondary N) is 1. The fourth-order valence-corrected chi connectivity index (χ4v) is 3.73. The average Bonchev–Trinajstić information content (AvgIpc) is 3.29. The molecule has 29 heavy (non-hydrogen) atoms. The van der Waals surface area contributed by atoms with E-state index in [4.69, 9.17) is 19.2 Å². The van der Waals surface area contributed by atoms with Crippen LogP contribution in [0.4, 0.5) is 5.69 Å². The fourth-order valence-electron chi connectivity index (χ4n) is 3.73. The molecule has 1 N–H and O–H groups in total. The summed E-state index contributed by atoms with van der Waals surface area (Å²) in [6.45, 7) is 11.0. The molecule has 2 aliphatic heterocycles. The summed E-state index contributed by atoms with van der Waals surface area (Å²) in [6.07, 6.45) is 2.08. The van der Waals surface area contributed by atoms with Crippen molar-refractivity contribution < 1.29 is 14.2 Å². The molecule has 2 fully saturated rings. The van der Waals surface area contributed by atoms with Crippen molar-refractivity contribution >= 4 is 11.6 Å². The molecule has 0 spiro atoms. The summed E-state index contributed by atoms with van der Waals surface area (Å²) in [7, 11) is 1.71. The minimum atomic E-state index is 0.580. The lowest BCUT2D eigenvalue weighted by atomic mass is 10.1. The molecule has 1 aromatic carbocycles. The molecule has 0 saturated carbocycles. The van der Waals surface area contributed by atoms with Crippen LogP contribution in [-0.2, 0) is 9.47 Å². The lowest BCUT2D eigenvalue weighted by molar-refractivity contribution is 0.0893. The van der Waals surface area contributed by atoms with E-state index in [0.29, 0.717) is 5.92 Å². The number of hydrogen-bond acceptors (Lipinski definition) is 5. The second kappa shape index (κ2) is 11.9. The zero-order valence-corrected chi connectivity index (χ0v) is 17.9. The topological polar surface area (TPSA) is 58.6 Å². The first-order valence-corrected chi connectivity index (χ1v) is 10.9. The highest BCUT2D eigenvalue weighted by molar-refractivity contribution is 5.80. The summed E-state index contributed by atoms with van der Waals surface area (Å²) in [6, 6.07) is 8.29. The van der Waals surface area contributed by atoms with Gasteiger partial charge in [0.15, 0.2) is 5.96 Å². The van der Waals surface area contributed by atoms with Gasteiger partial charge in [-0.2, -0.15) is 0 Å². The average molecular weight is 405 g/mol. The van der Waals surface area contributed by atoms with Crippen molar-refractivity contribution in [3.63, 3.8) is 0 Å². The fraction of sp³-hybridized carbons (Fsp3) is 0.682. The highest BCUT2D eigenvalue weighted by atomic mass is 16.5. The van der Waals surface area contributed by atoms with Gasteiger partial charge in [-0.3, -0.25) is 4.99 Å². The molecule has 7 nitrogen and oxygen atoms in total. The number of ether oxygens (including phenoxy) is 3. The van der Waals surface area contributed by atoms with E-state index in [2.05, 4.69) is 34.2 Å². The first-order valence-electron chi connectivity index (χ1n) is 10.9. The van der Waals surface area contributed by atoms with E-state index in [1.807, 2.05) is 12.1 Å². The van der Waals surface area contributed by atoms with Crippen LogP contribution >= 0.6 is 0 Å². The van der Waals surface area contributed by atoms with E-state index in [1.165, 1.54) is 5.69 Å². The van der Waals surface area contributed by atoms with Crippen molar-refractivity contribution in [1.82, 2.24) is 10.2 Å². The summed E-state index contributed by atoms with van der Waals surface area (Å²) in [5.41, 5.74) is 1.22. The number of methoxy groups -OCH3 is 1. The van der Waals surface area contributed by atoms with Gasteiger partial charge in [0.1, 0.15) is 5.75 Å². The van der Waals surface area contributed by atoms with Crippen molar-refractivity contribution in [2.24, 2.45) is 10.9 Å². The van der Waals surface area contributed by atoms with Crippen LogP contribution < -0.4 is 15.0 Å². The number of piperazine rings is 1. The molecule has 0 aromatic heterocycles. The number of guanidine groups is 1. The smallest absolute Gasteiger partial charge is 0.194 e. The van der Waals surface area contributed by atoms with Crippen LogP contribution in [0.25, 0.3) is 0 Å². The summed E-state index contributed by atoms with van der Waals surface area (Å²) >= 11 is 0. The Balaban J connectivity index is 1.41. The van der Waals surface area contributed by atoms with Crippen LogP contribution in [-0.4, -0.2) is 83.7 Å². The molecule has 1 aromatic rings. The van der Waals surface area contributed by atoms with Crippen molar-refractivity contribution in [3.05, 3.63) is 24.3 Å². The normalized spacial score (nSPS) is 20.2. The third kappa shape index (κ3) is 6.78. The molecule has 0 amide bonds. The van der Waals surface area contributed by atoms with Crippen LogP contribution in [0.5, 0.6) is 5.75 Å². The van der Waals surface area contributed by atoms with Crippen LogP contribution in [0.2, 0.25) is 0 Å². The molecule has 0 radical (unpaired) electrons. The Hall–Kier alpha value is -1.99. The number of anilines is 1. The SMILES string of the molecule is CCNC(=NCCCOCC1CCOC1)N1CCN(c2cccc(OC)c2)CC1. The lowest BCUT2D eigenvalue weighted by Crippen LogP contribution is -2.52. The minimum Gasteiger partial charge on any atom is -0.497 e. The van der Waals surface area contributed by atoms with Crippen LogP contribution in [0.3, 0.4) is 0 Å². The van der Waals surface area contributed by atoms with E-state index in [9.17, 15) is 0 Å². The van der Waals surface area contributed by atoms with Gasteiger partial charge in [0.25, 0.3) is 0 Å². The Kier molecular flexibility index (Phi) is 8.89. The van der Waals surface area contributed by atoms with Crippen LogP contribution in [0, 0.1) is 5.92 Å². The quantitative estimate of drug-likeness (QED) is 0.387. The zero-order chi connectivity index (χ0) is 20.3. The molecular formula is C22H36N4O3. The third-order valence-electron chi connectivity index (χ3n) is 5.42. The third-order valence-corrected chi connectivity index (χ3v) is 5.42. The van der Waals surface area contributed by atoms with Crippen molar-refractivity contribution in [2.75, 3.05) is 77.7 Å². The molecule has 7 heteroatoms. The number of hydrogen-bond donors (Lipinski definition) is 1. The van der Waals surface area contributed by atoms with Gasteiger partial charge in [-0.1, -0.05) is 6.07 Å². The zero-order valence-electron chi connectivity index (χ0n) is 17.9. The molecule has 3 rings (SSSR count). The van der Waals surface area contributed by atoms with Gasteiger partial charge < -0.3 is 29.3 Å². The Labute approximate surface area is 175 Å². The molecule has 0 bridgehead atoms. The maximum absolute atomic E-state index is 5.79. The Morgan fingerprint density at radius 1 is 1.28 bits per heavy atom. The Morgan fingerprint density at radius 2 is 2.14 bits per heavy atom. The minimum absolute atomic E-state index is 0.580. The molecule has 162 valence electrons. The molecular weight excluding hydrogens is 368 g/mol. The van der Waals surface area contributed by atoms with Gasteiger partial charge in [-0.25, -0.2) is 0 Å². The predicted molar refractivity (Wildman–Crippen MR) is 117 cm³/mol.